The molecular formula is C10H19NO4. The van der Waals surface area contributed by atoms with E-state index < -0.39 is 12.0 Å². The van der Waals surface area contributed by atoms with Gasteiger partial charge >= 0.3 is 5.97 Å². The maximum Gasteiger partial charge on any atom is 0.328 e. The Labute approximate surface area is 89.8 Å². The number of carbonyl (C=O) groups is 2. The number of aliphatic carboxylic acids is 1. The second kappa shape index (κ2) is 8.23. The van der Waals surface area contributed by atoms with Crippen LogP contribution in [0.2, 0.25) is 0 Å². The van der Waals surface area contributed by atoms with Crippen LogP contribution < -0.4 is 5.32 Å². The van der Waals surface area contributed by atoms with Crippen molar-refractivity contribution in [2.24, 2.45) is 0 Å². The van der Waals surface area contributed by atoms with Crippen LogP contribution in [0, 0.1) is 0 Å². The van der Waals surface area contributed by atoms with E-state index in [-0.39, 0.29) is 12.5 Å². The molecule has 0 heterocycles. The molecule has 0 aliphatic rings. The third-order valence-corrected chi connectivity index (χ3v) is 1.85. The van der Waals surface area contributed by atoms with Crippen LogP contribution in [-0.2, 0) is 14.3 Å². The molecule has 0 rings (SSSR count). The highest BCUT2D eigenvalue weighted by atomic mass is 16.5. The standard InChI is InChI=1S/C10H19NO4/c1-3-4-5-6-15-7-9(10(13)14)11-8(2)12/h9H,3-7H2,1-2H3,(H,11,12)(H,13,14)/t9-/m0/s1. The van der Waals surface area contributed by atoms with E-state index in [1.807, 2.05) is 0 Å². The molecule has 0 aromatic heterocycles. The predicted molar refractivity (Wildman–Crippen MR) is 55.6 cm³/mol. The molecule has 0 aromatic rings. The van der Waals surface area contributed by atoms with Crippen molar-refractivity contribution >= 4 is 11.9 Å². The Morgan fingerprint density at radius 1 is 1.40 bits per heavy atom. The normalized spacial score (nSPS) is 12.1. The summed E-state index contributed by atoms with van der Waals surface area (Å²) in [6.45, 7) is 3.93. The summed E-state index contributed by atoms with van der Waals surface area (Å²) in [7, 11) is 0. The first-order valence-electron chi connectivity index (χ1n) is 5.15. The average molecular weight is 217 g/mol. The van der Waals surface area contributed by atoms with Crippen LogP contribution >= 0.6 is 0 Å². The van der Waals surface area contributed by atoms with Crippen molar-refractivity contribution in [2.75, 3.05) is 13.2 Å². The van der Waals surface area contributed by atoms with Gasteiger partial charge in [-0.25, -0.2) is 4.79 Å². The lowest BCUT2D eigenvalue weighted by molar-refractivity contribution is -0.143. The van der Waals surface area contributed by atoms with E-state index in [0.29, 0.717) is 6.61 Å². The highest BCUT2D eigenvalue weighted by Gasteiger charge is 2.17. The van der Waals surface area contributed by atoms with Gasteiger partial charge in [0.15, 0.2) is 6.04 Å². The Kier molecular flexibility index (Phi) is 7.62. The van der Waals surface area contributed by atoms with Gasteiger partial charge in [0.2, 0.25) is 5.91 Å². The van der Waals surface area contributed by atoms with Crippen LogP contribution in [0.5, 0.6) is 0 Å². The summed E-state index contributed by atoms with van der Waals surface area (Å²) in [5.74, 6) is -1.43. The largest absolute Gasteiger partial charge is 0.480 e. The molecule has 15 heavy (non-hydrogen) atoms. The molecule has 0 saturated heterocycles. The molecule has 0 fully saturated rings. The highest BCUT2D eigenvalue weighted by Crippen LogP contribution is 1.95. The number of hydrogen-bond acceptors (Lipinski definition) is 3. The Morgan fingerprint density at radius 3 is 2.53 bits per heavy atom. The molecule has 0 saturated carbocycles. The molecule has 0 aromatic carbocycles. The number of nitrogens with one attached hydrogen (secondary N) is 1. The zero-order chi connectivity index (χ0) is 11.7. The van der Waals surface area contributed by atoms with Gasteiger partial charge in [-0.15, -0.1) is 0 Å². The van der Waals surface area contributed by atoms with Gasteiger partial charge in [-0.05, 0) is 6.42 Å². The Balaban J connectivity index is 3.67. The molecule has 88 valence electrons. The van der Waals surface area contributed by atoms with E-state index in [9.17, 15) is 9.59 Å². The van der Waals surface area contributed by atoms with Crippen molar-refractivity contribution in [1.82, 2.24) is 5.32 Å². The fourth-order valence-electron chi connectivity index (χ4n) is 1.08. The summed E-state index contributed by atoms with van der Waals surface area (Å²) in [6.07, 6.45) is 3.08. The van der Waals surface area contributed by atoms with Gasteiger partial charge in [0.05, 0.1) is 6.61 Å². The summed E-state index contributed by atoms with van der Waals surface area (Å²) in [5.41, 5.74) is 0. The van der Waals surface area contributed by atoms with E-state index in [1.54, 1.807) is 0 Å². The van der Waals surface area contributed by atoms with Crippen LogP contribution in [0.25, 0.3) is 0 Å². The average Bonchev–Trinajstić information content (AvgIpc) is 2.15. The molecule has 2 N–H and O–H groups in total. The van der Waals surface area contributed by atoms with E-state index in [2.05, 4.69) is 12.2 Å². The quantitative estimate of drug-likeness (QED) is 0.589. The highest BCUT2D eigenvalue weighted by molar-refractivity contribution is 5.82. The smallest absolute Gasteiger partial charge is 0.328 e. The van der Waals surface area contributed by atoms with Crippen molar-refractivity contribution in [2.45, 2.75) is 39.2 Å². The van der Waals surface area contributed by atoms with E-state index in [4.69, 9.17) is 9.84 Å². The lowest BCUT2D eigenvalue weighted by Crippen LogP contribution is -2.43. The van der Waals surface area contributed by atoms with Gasteiger partial charge in [-0.3, -0.25) is 4.79 Å². The molecule has 5 heteroatoms. The number of carbonyl (C=O) groups excluding carboxylic acids is 1. The summed E-state index contributed by atoms with van der Waals surface area (Å²) in [4.78, 5) is 21.3. The number of amides is 1. The molecule has 1 amide bonds. The zero-order valence-electron chi connectivity index (χ0n) is 9.28. The molecule has 0 aliphatic heterocycles. The van der Waals surface area contributed by atoms with Crippen LogP contribution in [0.15, 0.2) is 0 Å². The number of carboxylic acids is 1. The molecule has 0 bridgehead atoms. The van der Waals surface area contributed by atoms with E-state index >= 15 is 0 Å². The molecule has 0 unspecified atom stereocenters. The number of carboxylic acid groups (broad SMARTS) is 1. The van der Waals surface area contributed by atoms with Crippen LogP contribution in [0.4, 0.5) is 0 Å². The molecule has 5 nitrogen and oxygen atoms in total. The van der Waals surface area contributed by atoms with E-state index in [1.165, 1.54) is 6.92 Å². The third kappa shape index (κ3) is 7.93. The maximum absolute atomic E-state index is 10.7. The van der Waals surface area contributed by atoms with Crippen molar-refractivity contribution in [3.8, 4) is 0 Å². The molecular weight excluding hydrogens is 198 g/mol. The number of hydrogen-bond donors (Lipinski definition) is 2. The first-order chi connectivity index (χ1) is 7.07. The van der Waals surface area contributed by atoms with Crippen molar-refractivity contribution < 1.29 is 19.4 Å². The van der Waals surface area contributed by atoms with Gasteiger partial charge < -0.3 is 15.2 Å². The van der Waals surface area contributed by atoms with Crippen molar-refractivity contribution in [3.05, 3.63) is 0 Å². The topological polar surface area (TPSA) is 75.6 Å². The Bertz CT molecular complexity index is 206. The molecule has 0 spiro atoms. The van der Waals surface area contributed by atoms with Crippen LogP contribution in [0.3, 0.4) is 0 Å². The van der Waals surface area contributed by atoms with Crippen molar-refractivity contribution in [1.29, 1.82) is 0 Å². The van der Waals surface area contributed by atoms with Gasteiger partial charge in [-0.2, -0.15) is 0 Å². The first kappa shape index (κ1) is 13.9. The summed E-state index contributed by atoms with van der Waals surface area (Å²) in [5, 5.41) is 11.0. The van der Waals surface area contributed by atoms with E-state index in [0.717, 1.165) is 19.3 Å². The molecule has 0 radical (unpaired) electrons. The fourth-order valence-corrected chi connectivity index (χ4v) is 1.08. The third-order valence-electron chi connectivity index (χ3n) is 1.85. The first-order valence-corrected chi connectivity index (χ1v) is 5.15. The second-order valence-electron chi connectivity index (χ2n) is 3.37. The summed E-state index contributed by atoms with van der Waals surface area (Å²) >= 11 is 0. The summed E-state index contributed by atoms with van der Waals surface area (Å²) in [6, 6.07) is -0.941. The Hall–Kier alpha value is -1.10. The van der Waals surface area contributed by atoms with Crippen LogP contribution in [-0.4, -0.2) is 36.2 Å². The Morgan fingerprint density at radius 2 is 2.07 bits per heavy atom. The number of unbranched alkanes of at least 4 members (excludes halogenated alkanes) is 2. The summed E-state index contributed by atoms with van der Waals surface area (Å²) < 4.78 is 5.16. The second-order valence-corrected chi connectivity index (χ2v) is 3.37. The van der Waals surface area contributed by atoms with Gasteiger partial charge in [0.25, 0.3) is 0 Å². The number of ether oxygens (including phenoxy) is 1. The molecule has 1 atom stereocenters. The van der Waals surface area contributed by atoms with Crippen molar-refractivity contribution in [3.63, 3.8) is 0 Å². The lowest BCUT2D eigenvalue weighted by atomic mass is 10.2. The fraction of sp³-hybridized carbons (Fsp3) is 0.800. The monoisotopic (exact) mass is 217 g/mol. The minimum atomic E-state index is -1.07. The minimum absolute atomic E-state index is 0.0264. The lowest BCUT2D eigenvalue weighted by Gasteiger charge is -2.13. The molecule has 0 aliphatic carbocycles. The minimum Gasteiger partial charge on any atom is -0.480 e. The zero-order valence-corrected chi connectivity index (χ0v) is 9.28. The van der Waals surface area contributed by atoms with Gasteiger partial charge in [-0.1, -0.05) is 19.8 Å². The van der Waals surface area contributed by atoms with Gasteiger partial charge in [0, 0.05) is 13.5 Å². The van der Waals surface area contributed by atoms with Crippen LogP contribution in [0.1, 0.15) is 33.1 Å². The number of rotatable bonds is 8. The van der Waals surface area contributed by atoms with Gasteiger partial charge in [0.1, 0.15) is 0 Å². The predicted octanol–water partition coefficient (Wildman–Crippen LogP) is 0.782. The SMILES string of the molecule is CCCCCOC[C@H](NC(C)=O)C(=O)O. The maximum atomic E-state index is 10.7.